The quantitative estimate of drug-likeness (QED) is 0.598. The van der Waals surface area contributed by atoms with Crippen LogP contribution in [0.25, 0.3) is 0 Å². The molecule has 140 valence electrons. The lowest BCUT2D eigenvalue weighted by atomic mass is 10.3. The number of carbonyl (C=O) groups is 2. The summed E-state index contributed by atoms with van der Waals surface area (Å²) in [6.07, 6.45) is 1.11. The van der Waals surface area contributed by atoms with E-state index < -0.39 is 15.8 Å². The number of carbonyl (C=O) groups excluding carboxylic acids is 2. The molecule has 0 radical (unpaired) electrons. The van der Waals surface area contributed by atoms with Gasteiger partial charge in [-0.25, -0.2) is 8.42 Å². The Morgan fingerprint density at radius 3 is 2.32 bits per heavy atom. The average Bonchev–Trinajstić information content (AvgIpc) is 2.52. The molecule has 25 heavy (non-hydrogen) atoms. The van der Waals surface area contributed by atoms with Crippen molar-refractivity contribution in [2.45, 2.75) is 11.8 Å². The fourth-order valence-corrected chi connectivity index (χ4v) is 2.64. The number of benzene rings is 1. The molecule has 0 bridgehead atoms. The Kier molecular flexibility index (Phi) is 8.53. The summed E-state index contributed by atoms with van der Waals surface area (Å²) in [5.41, 5.74) is 0.472. The third kappa shape index (κ3) is 8.10. The lowest BCUT2D eigenvalue weighted by Crippen LogP contribution is -2.39. The number of nitrogens with one attached hydrogen (secondary N) is 1. The number of hydrogen-bond acceptors (Lipinski definition) is 7. The van der Waals surface area contributed by atoms with E-state index in [1.54, 1.807) is 11.8 Å². The first kappa shape index (κ1) is 21.1. The van der Waals surface area contributed by atoms with Gasteiger partial charge in [-0.2, -0.15) is 0 Å². The van der Waals surface area contributed by atoms with Gasteiger partial charge in [0.25, 0.3) is 0 Å². The molecule has 0 fully saturated rings. The van der Waals surface area contributed by atoms with Crippen LogP contribution in [0.5, 0.6) is 0 Å². The second-order valence-electron chi connectivity index (χ2n) is 5.35. The molecule has 0 aliphatic carbocycles. The number of rotatable bonds is 10. The summed E-state index contributed by atoms with van der Waals surface area (Å²) in [5.74, 6) is -0.739. The van der Waals surface area contributed by atoms with Crippen LogP contribution in [0.4, 0.5) is 5.69 Å². The zero-order chi connectivity index (χ0) is 18.9. The second kappa shape index (κ2) is 10.1. The topological polar surface area (TPSA) is 102 Å². The van der Waals surface area contributed by atoms with Gasteiger partial charge in [-0.15, -0.1) is 0 Å². The number of esters is 1. The van der Waals surface area contributed by atoms with Crippen LogP contribution >= 0.6 is 0 Å². The first-order chi connectivity index (χ1) is 11.8. The highest BCUT2D eigenvalue weighted by atomic mass is 32.2. The number of methoxy groups -OCH3 is 1. The molecule has 0 atom stereocenters. The van der Waals surface area contributed by atoms with Crippen LogP contribution in [0.3, 0.4) is 0 Å². The Morgan fingerprint density at radius 2 is 1.80 bits per heavy atom. The highest BCUT2D eigenvalue weighted by Crippen LogP contribution is 2.13. The molecule has 1 aromatic carbocycles. The lowest BCUT2D eigenvalue weighted by molar-refractivity contribution is -0.144. The molecule has 0 aliphatic rings. The minimum Gasteiger partial charge on any atom is -0.465 e. The summed E-state index contributed by atoms with van der Waals surface area (Å²) in [6, 6.07) is 5.87. The van der Waals surface area contributed by atoms with E-state index >= 15 is 0 Å². The molecule has 1 amide bonds. The van der Waals surface area contributed by atoms with Gasteiger partial charge >= 0.3 is 5.97 Å². The Bertz CT molecular complexity index is 672. The number of nitrogens with zero attached hydrogens (tertiary/aromatic N) is 1. The highest BCUT2D eigenvalue weighted by Gasteiger charge is 2.15. The predicted octanol–water partition coefficient (Wildman–Crippen LogP) is 0.540. The van der Waals surface area contributed by atoms with Crippen LogP contribution in [-0.4, -0.2) is 71.4 Å². The van der Waals surface area contributed by atoms with Crippen molar-refractivity contribution in [2.75, 3.05) is 51.5 Å². The largest absolute Gasteiger partial charge is 0.465 e. The van der Waals surface area contributed by atoms with E-state index in [1.807, 2.05) is 0 Å². The summed E-state index contributed by atoms with van der Waals surface area (Å²) in [7, 11) is -1.75. The molecule has 0 unspecified atom stereocenters. The molecule has 9 heteroatoms. The zero-order valence-electron chi connectivity index (χ0n) is 14.6. The Hall–Kier alpha value is -1.97. The molecule has 0 saturated carbocycles. The molecule has 0 aliphatic heterocycles. The van der Waals surface area contributed by atoms with Gasteiger partial charge in [0.05, 0.1) is 31.2 Å². The second-order valence-corrected chi connectivity index (χ2v) is 7.37. The van der Waals surface area contributed by atoms with Gasteiger partial charge in [-0.3, -0.25) is 14.5 Å². The minimum absolute atomic E-state index is 0.0162. The van der Waals surface area contributed by atoms with Crippen molar-refractivity contribution in [3.63, 3.8) is 0 Å². The molecule has 1 rings (SSSR count). The molecule has 1 N–H and O–H groups in total. The van der Waals surface area contributed by atoms with Crippen LogP contribution in [0, 0.1) is 0 Å². The SMILES string of the molecule is CCOC(=O)CN(CCOC)CC(=O)Nc1ccc(S(C)(=O)=O)cc1. The van der Waals surface area contributed by atoms with Crippen molar-refractivity contribution in [3.05, 3.63) is 24.3 Å². The van der Waals surface area contributed by atoms with E-state index in [-0.39, 0.29) is 30.5 Å². The maximum absolute atomic E-state index is 12.1. The molecule has 0 aromatic heterocycles. The molecule has 0 saturated heterocycles. The first-order valence-electron chi connectivity index (χ1n) is 7.73. The Balaban J connectivity index is 2.65. The van der Waals surface area contributed by atoms with Crippen molar-refractivity contribution in [1.29, 1.82) is 0 Å². The first-order valence-corrected chi connectivity index (χ1v) is 9.62. The smallest absolute Gasteiger partial charge is 0.320 e. The summed E-state index contributed by atoms with van der Waals surface area (Å²) in [4.78, 5) is 25.5. The lowest BCUT2D eigenvalue weighted by Gasteiger charge is -2.20. The third-order valence-corrected chi connectivity index (χ3v) is 4.33. The van der Waals surface area contributed by atoms with Gasteiger partial charge < -0.3 is 14.8 Å². The summed E-state index contributed by atoms with van der Waals surface area (Å²) in [5, 5.41) is 2.66. The van der Waals surface area contributed by atoms with E-state index in [4.69, 9.17) is 9.47 Å². The van der Waals surface area contributed by atoms with Gasteiger partial charge in [-0.1, -0.05) is 0 Å². The third-order valence-electron chi connectivity index (χ3n) is 3.20. The minimum atomic E-state index is -3.28. The maximum Gasteiger partial charge on any atom is 0.320 e. The van der Waals surface area contributed by atoms with E-state index in [9.17, 15) is 18.0 Å². The molecule has 0 spiro atoms. The van der Waals surface area contributed by atoms with Gasteiger partial charge in [0, 0.05) is 25.6 Å². The number of ether oxygens (including phenoxy) is 2. The number of amides is 1. The summed E-state index contributed by atoms with van der Waals surface area (Å²) >= 11 is 0. The van der Waals surface area contributed by atoms with E-state index in [2.05, 4.69) is 5.32 Å². The predicted molar refractivity (Wildman–Crippen MR) is 93.1 cm³/mol. The summed E-state index contributed by atoms with van der Waals surface area (Å²) < 4.78 is 32.7. The van der Waals surface area contributed by atoms with Crippen molar-refractivity contribution >= 4 is 27.4 Å². The normalized spacial score (nSPS) is 11.4. The van der Waals surface area contributed by atoms with Crippen LogP contribution in [0.2, 0.25) is 0 Å². The van der Waals surface area contributed by atoms with Crippen LogP contribution in [0.1, 0.15) is 6.92 Å². The van der Waals surface area contributed by atoms with Gasteiger partial charge in [0.15, 0.2) is 9.84 Å². The van der Waals surface area contributed by atoms with Gasteiger partial charge in [0.2, 0.25) is 5.91 Å². The van der Waals surface area contributed by atoms with Crippen LogP contribution in [-0.2, 0) is 28.9 Å². The maximum atomic E-state index is 12.1. The Labute approximate surface area is 148 Å². The molecular weight excluding hydrogens is 348 g/mol. The van der Waals surface area contributed by atoms with Gasteiger partial charge in [-0.05, 0) is 31.2 Å². The molecular formula is C16H24N2O6S. The Morgan fingerprint density at radius 1 is 1.16 bits per heavy atom. The monoisotopic (exact) mass is 372 g/mol. The van der Waals surface area contributed by atoms with Crippen molar-refractivity contribution < 1.29 is 27.5 Å². The van der Waals surface area contributed by atoms with Gasteiger partial charge in [0.1, 0.15) is 0 Å². The number of sulfone groups is 1. The van der Waals surface area contributed by atoms with Crippen molar-refractivity contribution in [1.82, 2.24) is 4.90 Å². The number of hydrogen-bond donors (Lipinski definition) is 1. The van der Waals surface area contributed by atoms with E-state index in [1.165, 1.54) is 31.4 Å². The highest BCUT2D eigenvalue weighted by molar-refractivity contribution is 7.90. The molecule has 0 heterocycles. The molecule has 1 aromatic rings. The van der Waals surface area contributed by atoms with E-state index in [0.717, 1.165) is 6.26 Å². The van der Waals surface area contributed by atoms with E-state index in [0.29, 0.717) is 18.8 Å². The van der Waals surface area contributed by atoms with Crippen LogP contribution in [0.15, 0.2) is 29.2 Å². The van der Waals surface area contributed by atoms with Crippen molar-refractivity contribution in [2.24, 2.45) is 0 Å². The fourth-order valence-electron chi connectivity index (χ4n) is 2.01. The van der Waals surface area contributed by atoms with Crippen LogP contribution < -0.4 is 5.32 Å². The standard InChI is InChI=1S/C16H24N2O6S/c1-4-24-16(20)12-18(9-10-23-2)11-15(19)17-13-5-7-14(8-6-13)25(3,21)22/h5-8H,4,9-12H2,1-3H3,(H,17,19). The fraction of sp³-hybridized carbons (Fsp3) is 0.500. The summed E-state index contributed by atoms with van der Waals surface area (Å²) in [6.45, 7) is 2.72. The molecule has 8 nitrogen and oxygen atoms in total. The average molecular weight is 372 g/mol. The number of anilines is 1. The zero-order valence-corrected chi connectivity index (χ0v) is 15.5. The van der Waals surface area contributed by atoms with Crippen molar-refractivity contribution in [3.8, 4) is 0 Å².